The summed E-state index contributed by atoms with van der Waals surface area (Å²) in [7, 11) is 0. The Morgan fingerprint density at radius 3 is 2.76 bits per heavy atom. The summed E-state index contributed by atoms with van der Waals surface area (Å²) in [6, 6.07) is 14.8. The Hall–Kier alpha value is -3.35. The molecule has 1 unspecified atom stereocenters. The van der Waals surface area contributed by atoms with Crippen LogP contribution in [0, 0.1) is 5.82 Å². The number of hydrogen-bond acceptors (Lipinski definition) is 4. The standard InChI is InChI=1S/C27H30FN3O3/c28-24-5-2-1-4-23(24)26-12-6-19-18-22(11-13-25(19)34-26)33-21-9-7-20(8-10-21)30-27(32)14-17-31-16-3-15-29-31/h1-5,11,13,15-16,18,20-21,26H,6-10,12,14,17H2,(H,30,32)/t20-,21-,26?. The van der Waals surface area contributed by atoms with E-state index in [4.69, 9.17) is 9.47 Å². The van der Waals surface area contributed by atoms with Crippen molar-refractivity contribution >= 4 is 5.91 Å². The molecule has 0 bridgehead atoms. The Kier molecular flexibility index (Phi) is 6.79. The van der Waals surface area contributed by atoms with E-state index in [9.17, 15) is 9.18 Å². The normalized spacial score (nSPS) is 21.9. The molecule has 178 valence electrons. The molecule has 1 aliphatic heterocycles. The summed E-state index contributed by atoms with van der Waals surface area (Å²) in [4.78, 5) is 12.2. The fraction of sp³-hybridized carbons (Fsp3) is 0.407. The van der Waals surface area contributed by atoms with E-state index in [2.05, 4.69) is 16.5 Å². The molecule has 1 atom stereocenters. The van der Waals surface area contributed by atoms with Crippen LogP contribution in [0.1, 0.15) is 55.8 Å². The van der Waals surface area contributed by atoms with E-state index in [0.29, 0.717) is 18.5 Å². The summed E-state index contributed by atoms with van der Waals surface area (Å²) in [6.07, 6.45) is 9.11. The lowest BCUT2D eigenvalue weighted by Gasteiger charge is -2.30. The maximum absolute atomic E-state index is 14.1. The number of hydrogen-bond donors (Lipinski definition) is 1. The molecule has 1 fully saturated rings. The van der Waals surface area contributed by atoms with Gasteiger partial charge in [0.1, 0.15) is 23.4 Å². The lowest BCUT2D eigenvalue weighted by molar-refractivity contribution is -0.122. The third-order valence-corrected chi connectivity index (χ3v) is 6.70. The van der Waals surface area contributed by atoms with E-state index >= 15 is 0 Å². The van der Waals surface area contributed by atoms with Gasteiger partial charge in [-0.25, -0.2) is 4.39 Å². The molecule has 7 heteroatoms. The smallest absolute Gasteiger partial charge is 0.222 e. The van der Waals surface area contributed by atoms with Gasteiger partial charge in [0.25, 0.3) is 0 Å². The Bertz CT molecular complexity index is 1110. The lowest BCUT2D eigenvalue weighted by atomic mass is 9.92. The molecule has 2 aromatic carbocycles. The van der Waals surface area contributed by atoms with E-state index in [1.807, 2.05) is 30.5 Å². The summed E-state index contributed by atoms with van der Waals surface area (Å²) < 4.78 is 28.3. The van der Waals surface area contributed by atoms with E-state index < -0.39 is 0 Å². The van der Waals surface area contributed by atoms with Gasteiger partial charge >= 0.3 is 0 Å². The van der Waals surface area contributed by atoms with Gasteiger partial charge in [0.15, 0.2) is 0 Å². The average Bonchev–Trinajstić information content (AvgIpc) is 3.38. The molecule has 2 heterocycles. The van der Waals surface area contributed by atoms with Crippen LogP contribution in [0.2, 0.25) is 0 Å². The van der Waals surface area contributed by atoms with Gasteiger partial charge in [0.2, 0.25) is 5.91 Å². The second-order valence-electron chi connectivity index (χ2n) is 9.11. The summed E-state index contributed by atoms with van der Waals surface area (Å²) >= 11 is 0. The maximum atomic E-state index is 14.1. The first-order valence-corrected chi connectivity index (χ1v) is 12.1. The largest absolute Gasteiger partial charge is 0.490 e. The number of halogens is 1. The van der Waals surface area contributed by atoms with Gasteiger partial charge in [0.05, 0.1) is 6.10 Å². The van der Waals surface area contributed by atoms with Crippen molar-refractivity contribution in [3.63, 3.8) is 0 Å². The van der Waals surface area contributed by atoms with Gasteiger partial charge in [-0.05, 0) is 74.4 Å². The average molecular weight is 464 g/mol. The highest BCUT2D eigenvalue weighted by Gasteiger charge is 2.26. The van der Waals surface area contributed by atoms with E-state index in [1.165, 1.54) is 6.07 Å². The number of carbonyl (C=O) groups is 1. The van der Waals surface area contributed by atoms with Gasteiger partial charge in [-0.1, -0.05) is 18.2 Å². The Labute approximate surface area is 199 Å². The SMILES string of the molecule is O=C(CCn1cccn1)N[C@H]1CC[C@H](Oc2ccc3c(c2)CCC(c2ccccc2F)O3)CC1. The topological polar surface area (TPSA) is 65.4 Å². The van der Waals surface area contributed by atoms with Gasteiger partial charge in [-0.15, -0.1) is 0 Å². The molecule has 1 aromatic heterocycles. The quantitative estimate of drug-likeness (QED) is 0.536. The van der Waals surface area contributed by atoms with Crippen LogP contribution in [0.15, 0.2) is 60.9 Å². The monoisotopic (exact) mass is 463 g/mol. The molecule has 1 N–H and O–H groups in total. The van der Waals surface area contributed by atoms with Gasteiger partial charge in [-0.2, -0.15) is 5.10 Å². The molecule has 0 spiro atoms. The summed E-state index contributed by atoms with van der Waals surface area (Å²) in [5.41, 5.74) is 1.71. The molecule has 1 amide bonds. The molecule has 2 aliphatic rings. The van der Waals surface area contributed by atoms with Crippen LogP contribution in [0.4, 0.5) is 4.39 Å². The van der Waals surface area contributed by atoms with Crippen molar-refractivity contribution in [1.82, 2.24) is 15.1 Å². The number of rotatable bonds is 7. The van der Waals surface area contributed by atoms with Crippen molar-refractivity contribution in [2.45, 2.75) is 69.7 Å². The van der Waals surface area contributed by atoms with Crippen molar-refractivity contribution in [3.05, 3.63) is 77.9 Å². The first-order chi connectivity index (χ1) is 16.6. The first kappa shape index (κ1) is 22.4. The number of nitrogens with zero attached hydrogens (tertiary/aromatic N) is 2. The van der Waals surface area contributed by atoms with Crippen molar-refractivity contribution in [1.29, 1.82) is 0 Å². The fourth-order valence-corrected chi connectivity index (χ4v) is 4.86. The number of fused-ring (bicyclic) bond motifs is 1. The van der Waals surface area contributed by atoms with E-state index in [1.54, 1.807) is 23.0 Å². The number of ether oxygens (including phenoxy) is 2. The number of benzene rings is 2. The van der Waals surface area contributed by atoms with Crippen LogP contribution in [-0.2, 0) is 17.8 Å². The molecule has 1 aliphatic carbocycles. The molecule has 34 heavy (non-hydrogen) atoms. The van der Waals surface area contributed by atoms with Gasteiger partial charge in [-0.3, -0.25) is 9.48 Å². The highest BCUT2D eigenvalue weighted by atomic mass is 19.1. The molecule has 0 radical (unpaired) electrons. The molecule has 0 saturated heterocycles. The number of nitrogens with one attached hydrogen (secondary N) is 1. The van der Waals surface area contributed by atoms with Crippen LogP contribution >= 0.6 is 0 Å². The number of aromatic nitrogens is 2. The van der Waals surface area contributed by atoms with Crippen molar-refractivity contribution in [2.24, 2.45) is 0 Å². The third-order valence-electron chi connectivity index (χ3n) is 6.70. The van der Waals surface area contributed by atoms with Crippen LogP contribution < -0.4 is 14.8 Å². The van der Waals surface area contributed by atoms with Crippen molar-refractivity contribution in [3.8, 4) is 11.5 Å². The third kappa shape index (κ3) is 5.41. The van der Waals surface area contributed by atoms with Crippen LogP contribution in [0.5, 0.6) is 11.5 Å². The highest BCUT2D eigenvalue weighted by Crippen LogP contribution is 2.38. The van der Waals surface area contributed by atoms with Crippen LogP contribution in [0.25, 0.3) is 0 Å². The number of carbonyl (C=O) groups excluding carboxylic acids is 1. The molecule has 5 rings (SSSR count). The summed E-state index contributed by atoms with van der Waals surface area (Å²) in [6.45, 7) is 0.598. The zero-order chi connectivity index (χ0) is 23.3. The molecule has 6 nitrogen and oxygen atoms in total. The summed E-state index contributed by atoms with van der Waals surface area (Å²) in [5.74, 6) is 1.50. The minimum atomic E-state index is -0.259. The van der Waals surface area contributed by atoms with Crippen molar-refractivity contribution < 1.29 is 18.7 Å². The Morgan fingerprint density at radius 1 is 1.12 bits per heavy atom. The molecule has 3 aromatic rings. The second kappa shape index (κ2) is 10.3. The first-order valence-electron chi connectivity index (χ1n) is 12.1. The van der Waals surface area contributed by atoms with E-state index in [0.717, 1.165) is 55.6 Å². The predicted molar refractivity (Wildman–Crippen MR) is 126 cm³/mol. The maximum Gasteiger partial charge on any atom is 0.222 e. The predicted octanol–water partition coefficient (Wildman–Crippen LogP) is 4.99. The van der Waals surface area contributed by atoms with E-state index in [-0.39, 0.29) is 30.0 Å². The number of aryl methyl sites for hydroxylation is 2. The lowest BCUT2D eigenvalue weighted by Crippen LogP contribution is -2.40. The Morgan fingerprint density at radius 2 is 1.97 bits per heavy atom. The second-order valence-corrected chi connectivity index (χ2v) is 9.11. The Balaban J connectivity index is 1.09. The molecular weight excluding hydrogens is 433 g/mol. The zero-order valence-electron chi connectivity index (χ0n) is 19.2. The highest BCUT2D eigenvalue weighted by molar-refractivity contribution is 5.76. The summed E-state index contributed by atoms with van der Waals surface area (Å²) in [5, 5.41) is 7.28. The number of amides is 1. The minimum absolute atomic E-state index is 0.0724. The molecule has 1 saturated carbocycles. The zero-order valence-corrected chi connectivity index (χ0v) is 19.2. The fourth-order valence-electron chi connectivity index (χ4n) is 4.86. The van der Waals surface area contributed by atoms with Gasteiger partial charge in [0, 0.05) is 37.0 Å². The molecular formula is C27H30FN3O3. The van der Waals surface area contributed by atoms with Gasteiger partial charge < -0.3 is 14.8 Å². The van der Waals surface area contributed by atoms with Crippen LogP contribution in [0.3, 0.4) is 0 Å². The van der Waals surface area contributed by atoms with Crippen LogP contribution in [-0.4, -0.2) is 27.8 Å². The van der Waals surface area contributed by atoms with Crippen molar-refractivity contribution in [2.75, 3.05) is 0 Å². The minimum Gasteiger partial charge on any atom is -0.490 e.